The van der Waals surface area contributed by atoms with E-state index in [9.17, 15) is 4.79 Å². The normalized spacial score (nSPS) is 21.7. The third-order valence-corrected chi connectivity index (χ3v) is 5.20. The second-order valence-corrected chi connectivity index (χ2v) is 7.03. The second-order valence-electron chi connectivity index (χ2n) is 7.03. The van der Waals surface area contributed by atoms with Crippen molar-refractivity contribution in [2.45, 2.75) is 96.8 Å². The molecule has 1 fully saturated rings. The molecule has 0 heterocycles. The van der Waals surface area contributed by atoms with E-state index in [2.05, 4.69) is 6.92 Å². The minimum Gasteiger partial charge on any atom is -0.478 e. The number of carbonyl (C=O) groups is 1. The molecule has 2 nitrogen and oxygen atoms in total. The van der Waals surface area contributed by atoms with Gasteiger partial charge >= 0.3 is 5.97 Å². The van der Waals surface area contributed by atoms with Crippen LogP contribution in [0.1, 0.15) is 96.8 Å². The highest BCUT2D eigenvalue weighted by molar-refractivity contribution is 5.79. The lowest BCUT2D eigenvalue weighted by Gasteiger charge is -2.19. The fourth-order valence-corrected chi connectivity index (χ4v) is 3.91. The minimum atomic E-state index is -0.824. The molecule has 128 valence electrons. The lowest BCUT2D eigenvalue weighted by molar-refractivity contribution is -0.131. The Bertz CT molecular complexity index is 309. The van der Waals surface area contributed by atoms with Gasteiger partial charge in [-0.05, 0) is 24.7 Å². The standard InChI is InChI=1S/C20H36O2/c1-2-3-4-5-6-9-13-18-15-12-16-19(18)14-10-7-8-11-17-20(21)22/h11,17-19H,2-10,12-16H2,1H3,(H,21,22)/t18-,19-/m0/s1. The summed E-state index contributed by atoms with van der Waals surface area (Å²) in [7, 11) is 0. The molecule has 1 aliphatic carbocycles. The number of carboxylic acids is 1. The van der Waals surface area contributed by atoms with Crippen molar-refractivity contribution in [3.05, 3.63) is 12.2 Å². The molecule has 0 amide bonds. The Kier molecular flexibility index (Phi) is 11.1. The summed E-state index contributed by atoms with van der Waals surface area (Å²) >= 11 is 0. The number of hydrogen-bond acceptors (Lipinski definition) is 1. The van der Waals surface area contributed by atoms with Crippen molar-refractivity contribution in [1.82, 2.24) is 0 Å². The molecular formula is C20H36O2. The molecule has 0 aliphatic heterocycles. The lowest BCUT2D eigenvalue weighted by atomic mass is 9.87. The van der Waals surface area contributed by atoms with Gasteiger partial charge in [0.2, 0.25) is 0 Å². The minimum absolute atomic E-state index is 0.824. The Morgan fingerprint density at radius 3 is 2.18 bits per heavy atom. The van der Waals surface area contributed by atoms with E-state index in [-0.39, 0.29) is 0 Å². The number of carboxylic acid groups (broad SMARTS) is 1. The monoisotopic (exact) mass is 308 g/mol. The number of allylic oxidation sites excluding steroid dienone is 1. The Hall–Kier alpha value is -0.790. The fraction of sp³-hybridized carbons (Fsp3) is 0.850. The van der Waals surface area contributed by atoms with E-state index < -0.39 is 5.97 Å². The first-order valence-electron chi connectivity index (χ1n) is 9.63. The van der Waals surface area contributed by atoms with Crippen LogP contribution in [0, 0.1) is 11.8 Å². The van der Waals surface area contributed by atoms with Gasteiger partial charge in [-0.2, -0.15) is 0 Å². The van der Waals surface area contributed by atoms with Gasteiger partial charge in [0.05, 0.1) is 0 Å². The first-order valence-corrected chi connectivity index (χ1v) is 9.63. The third-order valence-electron chi connectivity index (χ3n) is 5.20. The molecule has 1 N–H and O–H groups in total. The average molecular weight is 309 g/mol. The molecule has 0 radical (unpaired) electrons. The maximum absolute atomic E-state index is 10.4. The zero-order valence-electron chi connectivity index (χ0n) is 14.6. The van der Waals surface area contributed by atoms with E-state index in [1.54, 1.807) is 6.08 Å². The summed E-state index contributed by atoms with van der Waals surface area (Å²) < 4.78 is 0. The summed E-state index contributed by atoms with van der Waals surface area (Å²) in [4.78, 5) is 10.4. The van der Waals surface area contributed by atoms with Crippen molar-refractivity contribution in [2.75, 3.05) is 0 Å². The van der Waals surface area contributed by atoms with E-state index in [0.717, 1.165) is 24.7 Å². The van der Waals surface area contributed by atoms with E-state index in [4.69, 9.17) is 5.11 Å². The highest BCUT2D eigenvalue weighted by atomic mass is 16.4. The van der Waals surface area contributed by atoms with Crippen LogP contribution in [0.2, 0.25) is 0 Å². The SMILES string of the molecule is CCCCCCCC[C@H]1CCC[C@@H]1CCCCC=CC(=O)O. The van der Waals surface area contributed by atoms with Gasteiger partial charge in [-0.1, -0.05) is 90.0 Å². The van der Waals surface area contributed by atoms with Crippen LogP contribution in [0.15, 0.2) is 12.2 Å². The quantitative estimate of drug-likeness (QED) is 0.318. The summed E-state index contributed by atoms with van der Waals surface area (Å²) in [6, 6.07) is 0. The summed E-state index contributed by atoms with van der Waals surface area (Å²) in [6.45, 7) is 2.28. The predicted molar refractivity (Wildman–Crippen MR) is 94.1 cm³/mol. The molecule has 0 saturated heterocycles. The molecule has 2 atom stereocenters. The van der Waals surface area contributed by atoms with Crippen molar-refractivity contribution < 1.29 is 9.90 Å². The van der Waals surface area contributed by atoms with E-state index >= 15 is 0 Å². The highest BCUT2D eigenvalue weighted by Gasteiger charge is 2.25. The fourth-order valence-electron chi connectivity index (χ4n) is 3.91. The number of aliphatic carboxylic acids is 1. The number of rotatable bonds is 13. The van der Waals surface area contributed by atoms with E-state index in [0.29, 0.717) is 0 Å². The van der Waals surface area contributed by atoms with E-state index in [1.807, 2.05) is 0 Å². The maximum atomic E-state index is 10.4. The van der Waals surface area contributed by atoms with Crippen molar-refractivity contribution in [3.8, 4) is 0 Å². The zero-order chi connectivity index (χ0) is 16.0. The molecule has 0 bridgehead atoms. The molecule has 0 aromatic carbocycles. The van der Waals surface area contributed by atoms with Crippen molar-refractivity contribution in [2.24, 2.45) is 11.8 Å². The van der Waals surface area contributed by atoms with Crippen LogP contribution < -0.4 is 0 Å². The van der Waals surface area contributed by atoms with Crippen molar-refractivity contribution in [3.63, 3.8) is 0 Å². The molecule has 0 aromatic heterocycles. The van der Waals surface area contributed by atoms with Crippen LogP contribution in [0.5, 0.6) is 0 Å². The first-order chi connectivity index (χ1) is 10.7. The average Bonchev–Trinajstić information content (AvgIpc) is 2.93. The Morgan fingerprint density at radius 2 is 1.55 bits per heavy atom. The predicted octanol–water partition coefficient (Wildman–Crippen LogP) is 6.35. The molecule has 0 unspecified atom stereocenters. The number of unbranched alkanes of at least 4 members (excludes halogenated alkanes) is 7. The summed E-state index contributed by atoms with van der Waals surface area (Å²) in [5.41, 5.74) is 0. The first kappa shape index (κ1) is 19.3. The molecule has 1 aliphatic rings. The second kappa shape index (κ2) is 12.7. The van der Waals surface area contributed by atoms with Crippen LogP contribution in [-0.4, -0.2) is 11.1 Å². The Labute approximate surface area is 137 Å². The van der Waals surface area contributed by atoms with E-state index in [1.165, 1.54) is 83.1 Å². The van der Waals surface area contributed by atoms with Gasteiger partial charge in [0.25, 0.3) is 0 Å². The summed E-state index contributed by atoms with van der Waals surface area (Å²) in [5, 5.41) is 8.54. The van der Waals surface area contributed by atoms with Gasteiger partial charge in [-0.15, -0.1) is 0 Å². The summed E-state index contributed by atoms with van der Waals surface area (Å²) in [5.74, 6) is 1.12. The van der Waals surface area contributed by atoms with Gasteiger partial charge in [-0.3, -0.25) is 0 Å². The van der Waals surface area contributed by atoms with Gasteiger partial charge in [-0.25, -0.2) is 4.79 Å². The maximum Gasteiger partial charge on any atom is 0.327 e. The van der Waals surface area contributed by atoms with Crippen molar-refractivity contribution in [1.29, 1.82) is 0 Å². The van der Waals surface area contributed by atoms with Gasteiger partial charge in [0, 0.05) is 6.08 Å². The largest absolute Gasteiger partial charge is 0.478 e. The molecule has 0 aromatic rings. The van der Waals surface area contributed by atoms with Crippen LogP contribution >= 0.6 is 0 Å². The Balaban J connectivity index is 2.03. The lowest BCUT2D eigenvalue weighted by Crippen LogP contribution is -2.08. The molecule has 2 heteroatoms. The Morgan fingerprint density at radius 1 is 0.955 bits per heavy atom. The van der Waals surface area contributed by atoms with Gasteiger partial charge in [0.15, 0.2) is 0 Å². The number of hydrogen-bond donors (Lipinski definition) is 1. The van der Waals surface area contributed by atoms with Gasteiger partial charge < -0.3 is 5.11 Å². The highest BCUT2D eigenvalue weighted by Crippen LogP contribution is 2.38. The summed E-state index contributed by atoms with van der Waals surface area (Å²) in [6.07, 6.45) is 22.0. The molecule has 22 heavy (non-hydrogen) atoms. The van der Waals surface area contributed by atoms with Crippen LogP contribution in [0.25, 0.3) is 0 Å². The topological polar surface area (TPSA) is 37.3 Å². The smallest absolute Gasteiger partial charge is 0.327 e. The van der Waals surface area contributed by atoms with Crippen LogP contribution in [0.3, 0.4) is 0 Å². The van der Waals surface area contributed by atoms with Crippen molar-refractivity contribution >= 4 is 5.97 Å². The van der Waals surface area contributed by atoms with Crippen LogP contribution in [0.4, 0.5) is 0 Å². The molecule has 1 rings (SSSR count). The molecule has 0 spiro atoms. The third kappa shape index (κ3) is 9.27. The van der Waals surface area contributed by atoms with Gasteiger partial charge in [0.1, 0.15) is 0 Å². The molecule has 1 saturated carbocycles. The zero-order valence-corrected chi connectivity index (χ0v) is 14.6. The van der Waals surface area contributed by atoms with Crippen LogP contribution in [-0.2, 0) is 4.79 Å². The molecular weight excluding hydrogens is 272 g/mol.